The van der Waals surface area contributed by atoms with Crippen molar-refractivity contribution in [2.24, 2.45) is 5.92 Å². The summed E-state index contributed by atoms with van der Waals surface area (Å²) < 4.78 is 17.3. The molecule has 2 saturated heterocycles. The third kappa shape index (κ3) is 6.22. The van der Waals surface area contributed by atoms with Gasteiger partial charge in [0.1, 0.15) is 0 Å². The Hall–Kier alpha value is -0.950. The monoisotopic (exact) mass is 328 g/mol. The van der Waals surface area contributed by atoms with E-state index >= 15 is 0 Å². The maximum atomic E-state index is 10.4. The number of aliphatic hydroxyl groups excluding tert-OH is 1. The number of ether oxygens (including phenoxy) is 3. The minimum absolute atomic E-state index is 0.00121. The number of carboxylic acids is 1. The number of hydrogen-bond acceptors (Lipinski definition) is 5. The van der Waals surface area contributed by atoms with Crippen molar-refractivity contribution in [2.75, 3.05) is 19.8 Å². The minimum Gasteiger partial charge on any atom is -0.481 e. The standard InChI is InChI=1S/C17H28O6/c18-11-14-13(7-3-1-2-4-8-16(19)20)15(12-22-14)23-17-9-5-6-10-21-17/h1-2,13-15,17-18H,3-12H2,(H,19,20)/t13-,14-,15+,17?/m1/s1. The third-order valence-electron chi connectivity index (χ3n) is 4.43. The zero-order valence-corrected chi connectivity index (χ0v) is 13.6. The second-order valence-electron chi connectivity index (χ2n) is 6.17. The maximum absolute atomic E-state index is 10.4. The number of rotatable bonds is 9. The molecule has 0 saturated carbocycles. The van der Waals surface area contributed by atoms with Crippen LogP contribution in [0.25, 0.3) is 0 Å². The van der Waals surface area contributed by atoms with Crippen LogP contribution in [0.1, 0.15) is 44.9 Å². The van der Waals surface area contributed by atoms with E-state index in [2.05, 4.69) is 0 Å². The van der Waals surface area contributed by atoms with E-state index in [9.17, 15) is 9.90 Å². The van der Waals surface area contributed by atoms with E-state index in [1.807, 2.05) is 12.2 Å². The first-order valence-electron chi connectivity index (χ1n) is 8.57. The third-order valence-corrected chi connectivity index (χ3v) is 4.43. The van der Waals surface area contributed by atoms with Crippen LogP contribution >= 0.6 is 0 Å². The van der Waals surface area contributed by atoms with Gasteiger partial charge in [0.2, 0.25) is 0 Å². The van der Waals surface area contributed by atoms with E-state index < -0.39 is 5.97 Å². The summed E-state index contributed by atoms with van der Waals surface area (Å²) in [6.45, 7) is 1.25. The summed E-state index contributed by atoms with van der Waals surface area (Å²) in [5, 5.41) is 18.1. The fraction of sp³-hybridized carbons (Fsp3) is 0.824. The van der Waals surface area contributed by atoms with Crippen LogP contribution in [0.15, 0.2) is 12.2 Å². The van der Waals surface area contributed by atoms with Gasteiger partial charge in [-0.25, -0.2) is 0 Å². The Morgan fingerprint density at radius 1 is 1.22 bits per heavy atom. The van der Waals surface area contributed by atoms with E-state index in [0.717, 1.165) is 38.7 Å². The Balaban J connectivity index is 1.76. The highest BCUT2D eigenvalue weighted by atomic mass is 16.7. The van der Waals surface area contributed by atoms with Crippen LogP contribution < -0.4 is 0 Å². The van der Waals surface area contributed by atoms with Crippen molar-refractivity contribution in [1.82, 2.24) is 0 Å². The molecule has 0 radical (unpaired) electrons. The molecule has 23 heavy (non-hydrogen) atoms. The highest BCUT2D eigenvalue weighted by Gasteiger charge is 2.38. The van der Waals surface area contributed by atoms with Gasteiger partial charge in [-0.1, -0.05) is 12.2 Å². The number of hydrogen-bond donors (Lipinski definition) is 2. The normalized spacial score (nSPS) is 31.7. The molecular weight excluding hydrogens is 300 g/mol. The summed E-state index contributed by atoms with van der Waals surface area (Å²) in [7, 11) is 0. The molecule has 2 aliphatic rings. The first-order valence-corrected chi connectivity index (χ1v) is 8.57. The predicted molar refractivity (Wildman–Crippen MR) is 84.0 cm³/mol. The van der Waals surface area contributed by atoms with E-state index in [1.54, 1.807) is 0 Å². The highest BCUT2D eigenvalue weighted by Crippen LogP contribution is 2.30. The SMILES string of the molecule is O=C(O)CCC=CCC[C@H]1[C@@H](OC2CCCCO2)CO[C@@H]1CO. The van der Waals surface area contributed by atoms with Gasteiger partial charge in [-0.2, -0.15) is 0 Å². The van der Waals surface area contributed by atoms with Crippen LogP contribution in [-0.4, -0.2) is 54.5 Å². The fourth-order valence-electron chi connectivity index (χ4n) is 3.15. The van der Waals surface area contributed by atoms with Gasteiger partial charge in [0.15, 0.2) is 6.29 Å². The number of allylic oxidation sites excluding steroid dienone is 2. The number of carbonyl (C=O) groups is 1. The molecule has 0 aliphatic carbocycles. The predicted octanol–water partition coefficient (Wildman–Crippen LogP) is 2.11. The first-order chi connectivity index (χ1) is 11.2. The van der Waals surface area contributed by atoms with E-state index in [4.69, 9.17) is 19.3 Å². The van der Waals surface area contributed by atoms with Gasteiger partial charge in [-0.3, -0.25) is 4.79 Å². The lowest BCUT2D eigenvalue weighted by Gasteiger charge is -2.28. The van der Waals surface area contributed by atoms with Crippen molar-refractivity contribution in [1.29, 1.82) is 0 Å². The van der Waals surface area contributed by atoms with Gasteiger partial charge in [-0.05, 0) is 38.5 Å². The molecule has 0 aromatic carbocycles. The average Bonchev–Trinajstić information content (AvgIpc) is 2.93. The first kappa shape index (κ1) is 18.4. The minimum atomic E-state index is -0.778. The topological polar surface area (TPSA) is 85.2 Å². The molecule has 4 atom stereocenters. The van der Waals surface area contributed by atoms with Crippen molar-refractivity contribution in [3.8, 4) is 0 Å². The second-order valence-corrected chi connectivity index (χ2v) is 6.17. The largest absolute Gasteiger partial charge is 0.481 e. The van der Waals surface area contributed by atoms with E-state index in [1.165, 1.54) is 0 Å². The Bertz CT molecular complexity index is 377. The fourth-order valence-corrected chi connectivity index (χ4v) is 3.15. The van der Waals surface area contributed by atoms with Crippen LogP contribution in [0.2, 0.25) is 0 Å². The van der Waals surface area contributed by atoms with Crippen molar-refractivity contribution >= 4 is 5.97 Å². The lowest BCUT2D eigenvalue weighted by molar-refractivity contribution is -0.194. The van der Waals surface area contributed by atoms with E-state index in [0.29, 0.717) is 13.0 Å². The molecule has 2 heterocycles. The summed E-state index contributed by atoms with van der Waals surface area (Å²) in [5.74, 6) is -0.630. The summed E-state index contributed by atoms with van der Waals surface area (Å²) in [6, 6.07) is 0. The molecule has 0 amide bonds. The quantitative estimate of drug-likeness (QED) is 0.631. The van der Waals surface area contributed by atoms with Crippen LogP contribution in [0.5, 0.6) is 0 Å². The molecule has 1 unspecified atom stereocenters. The second kappa shape index (κ2) is 10.0. The van der Waals surface area contributed by atoms with Crippen LogP contribution in [0.4, 0.5) is 0 Å². The number of aliphatic carboxylic acids is 1. The van der Waals surface area contributed by atoms with Gasteiger partial charge in [-0.15, -0.1) is 0 Å². The van der Waals surface area contributed by atoms with Crippen LogP contribution in [0.3, 0.4) is 0 Å². The van der Waals surface area contributed by atoms with Crippen molar-refractivity contribution in [3.63, 3.8) is 0 Å². The van der Waals surface area contributed by atoms with Gasteiger partial charge in [0.25, 0.3) is 0 Å². The van der Waals surface area contributed by atoms with Gasteiger partial charge < -0.3 is 24.4 Å². The lowest BCUT2D eigenvalue weighted by atomic mass is 9.93. The van der Waals surface area contributed by atoms with Crippen molar-refractivity contribution in [2.45, 2.75) is 63.4 Å². The molecule has 2 aliphatic heterocycles. The van der Waals surface area contributed by atoms with E-state index in [-0.39, 0.29) is 37.4 Å². The van der Waals surface area contributed by atoms with Crippen LogP contribution in [0, 0.1) is 5.92 Å². The Morgan fingerprint density at radius 2 is 2.04 bits per heavy atom. The van der Waals surface area contributed by atoms with Gasteiger partial charge >= 0.3 is 5.97 Å². The van der Waals surface area contributed by atoms with Crippen LogP contribution in [-0.2, 0) is 19.0 Å². The molecule has 0 aromatic rings. The maximum Gasteiger partial charge on any atom is 0.303 e. The molecule has 0 spiro atoms. The molecule has 6 heteroatoms. The average molecular weight is 328 g/mol. The summed E-state index contributed by atoms with van der Waals surface area (Å²) in [5.41, 5.74) is 0. The Labute approximate surface area is 137 Å². The molecule has 2 N–H and O–H groups in total. The molecule has 0 aromatic heterocycles. The zero-order chi connectivity index (χ0) is 16.5. The number of carboxylic acid groups (broad SMARTS) is 1. The molecule has 2 rings (SSSR count). The molecule has 0 bridgehead atoms. The summed E-state index contributed by atoms with van der Waals surface area (Å²) >= 11 is 0. The Morgan fingerprint density at radius 3 is 2.74 bits per heavy atom. The molecule has 2 fully saturated rings. The summed E-state index contributed by atoms with van der Waals surface area (Å²) in [4.78, 5) is 10.4. The molecule has 132 valence electrons. The number of aliphatic hydroxyl groups is 1. The smallest absolute Gasteiger partial charge is 0.303 e. The summed E-state index contributed by atoms with van der Waals surface area (Å²) in [6.07, 6.45) is 9.06. The lowest BCUT2D eigenvalue weighted by Crippen LogP contribution is -2.34. The van der Waals surface area contributed by atoms with Gasteiger partial charge in [0, 0.05) is 18.9 Å². The highest BCUT2D eigenvalue weighted by molar-refractivity contribution is 5.66. The zero-order valence-electron chi connectivity index (χ0n) is 13.6. The van der Waals surface area contributed by atoms with Crippen molar-refractivity contribution in [3.05, 3.63) is 12.2 Å². The van der Waals surface area contributed by atoms with Crippen molar-refractivity contribution < 1.29 is 29.2 Å². The Kier molecular flexibility index (Phi) is 8.02. The van der Waals surface area contributed by atoms with Gasteiger partial charge in [0.05, 0.1) is 25.4 Å². The molecule has 6 nitrogen and oxygen atoms in total. The molecular formula is C17H28O6.